The standard InChI is InChI=1S/C28H28ClN3O/c1-31(2)24-10-7-21(8-11-24)28(33)32-16-13-19(14-17-32)26-25-12-9-23(29)18-22(25)6-5-20-4-3-15-30-27(20)26/h3-4,7-12,15,18H,5-6,13-14,16-17H2,1-2H3. The number of amides is 1. The molecule has 5 heteroatoms. The Balaban J connectivity index is 1.44. The fourth-order valence-corrected chi connectivity index (χ4v) is 5.14. The molecule has 0 radical (unpaired) electrons. The zero-order chi connectivity index (χ0) is 22.9. The summed E-state index contributed by atoms with van der Waals surface area (Å²) in [6, 6.07) is 18.3. The minimum atomic E-state index is 0.107. The van der Waals surface area contributed by atoms with Crippen LogP contribution in [0.2, 0.25) is 5.02 Å². The van der Waals surface area contributed by atoms with Gasteiger partial charge in [0.05, 0.1) is 5.69 Å². The Hall–Kier alpha value is -3.11. The second-order valence-electron chi connectivity index (χ2n) is 9.02. The molecular formula is C28H28ClN3O. The van der Waals surface area contributed by atoms with E-state index in [2.05, 4.69) is 18.2 Å². The van der Waals surface area contributed by atoms with Crippen LogP contribution < -0.4 is 4.90 Å². The van der Waals surface area contributed by atoms with Gasteiger partial charge in [-0.05, 0) is 84.8 Å². The number of aryl methyl sites for hydroxylation is 2. The molecule has 2 heterocycles. The van der Waals surface area contributed by atoms with Crippen molar-refractivity contribution in [3.8, 4) is 0 Å². The van der Waals surface area contributed by atoms with Crippen LogP contribution in [0.5, 0.6) is 0 Å². The van der Waals surface area contributed by atoms with Crippen LogP contribution in [0.3, 0.4) is 0 Å². The highest BCUT2D eigenvalue weighted by Gasteiger charge is 2.27. The molecule has 0 saturated carbocycles. The predicted octanol–water partition coefficient (Wildman–Crippen LogP) is 5.64. The molecule has 0 unspecified atom stereocenters. The van der Waals surface area contributed by atoms with Crippen LogP contribution in [0.4, 0.5) is 5.69 Å². The number of pyridine rings is 1. The van der Waals surface area contributed by atoms with Crippen molar-refractivity contribution in [1.29, 1.82) is 0 Å². The van der Waals surface area contributed by atoms with Crippen LogP contribution in [-0.4, -0.2) is 43.0 Å². The molecule has 1 fully saturated rings. The number of halogens is 1. The van der Waals surface area contributed by atoms with Crippen LogP contribution in [0.25, 0.3) is 5.57 Å². The average molecular weight is 458 g/mol. The van der Waals surface area contributed by atoms with Gasteiger partial charge < -0.3 is 9.80 Å². The van der Waals surface area contributed by atoms with Crippen LogP contribution in [0, 0.1) is 0 Å². The number of piperidine rings is 1. The Morgan fingerprint density at radius 1 is 0.939 bits per heavy atom. The number of carbonyl (C=O) groups excluding carboxylic acids is 1. The van der Waals surface area contributed by atoms with Gasteiger partial charge in [0.1, 0.15) is 0 Å². The maximum atomic E-state index is 13.1. The Bertz CT molecular complexity index is 1220. The van der Waals surface area contributed by atoms with Gasteiger partial charge in [0, 0.05) is 55.2 Å². The van der Waals surface area contributed by atoms with Gasteiger partial charge in [-0.15, -0.1) is 0 Å². The first-order chi connectivity index (χ1) is 16.0. The lowest BCUT2D eigenvalue weighted by molar-refractivity contribution is 0.0744. The van der Waals surface area contributed by atoms with E-state index in [1.807, 2.05) is 66.5 Å². The van der Waals surface area contributed by atoms with E-state index in [1.54, 1.807) is 0 Å². The number of hydrogen-bond acceptors (Lipinski definition) is 3. The van der Waals surface area contributed by atoms with Crippen LogP contribution in [-0.2, 0) is 12.8 Å². The SMILES string of the molecule is CN(C)c1ccc(C(=O)N2CCC(=C3c4ccc(Cl)cc4CCc4cccnc43)CC2)cc1. The topological polar surface area (TPSA) is 36.4 Å². The Morgan fingerprint density at radius 3 is 2.39 bits per heavy atom. The van der Waals surface area contributed by atoms with E-state index in [1.165, 1.54) is 27.8 Å². The number of rotatable bonds is 2. The molecule has 0 bridgehead atoms. The third-order valence-corrected chi connectivity index (χ3v) is 7.00. The number of benzene rings is 2. The number of anilines is 1. The van der Waals surface area contributed by atoms with Gasteiger partial charge in [-0.3, -0.25) is 9.78 Å². The molecule has 1 aliphatic heterocycles. The van der Waals surface area contributed by atoms with Gasteiger partial charge in [0.25, 0.3) is 5.91 Å². The molecule has 168 valence electrons. The first kappa shape index (κ1) is 21.7. The Kier molecular flexibility index (Phi) is 5.94. The molecule has 1 aliphatic carbocycles. The lowest BCUT2D eigenvalue weighted by Gasteiger charge is -2.30. The third-order valence-electron chi connectivity index (χ3n) is 6.77. The molecule has 2 aliphatic rings. The highest BCUT2D eigenvalue weighted by atomic mass is 35.5. The predicted molar refractivity (Wildman–Crippen MR) is 135 cm³/mol. The molecule has 0 atom stereocenters. The van der Waals surface area contributed by atoms with Gasteiger partial charge >= 0.3 is 0 Å². The molecule has 1 saturated heterocycles. The monoisotopic (exact) mass is 457 g/mol. The summed E-state index contributed by atoms with van der Waals surface area (Å²) in [5.41, 5.74) is 9.37. The van der Waals surface area contributed by atoms with Crippen LogP contribution >= 0.6 is 11.6 Å². The van der Waals surface area contributed by atoms with Crippen molar-refractivity contribution in [2.24, 2.45) is 0 Å². The molecule has 3 aromatic rings. The normalized spacial score (nSPS) is 15.5. The first-order valence-corrected chi connectivity index (χ1v) is 11.9. The maximum Gasteiger partial charge on any atom is 0.253 e. The Labute approximate surface area is 200 Å². The van der Waals surface area contributed by atoms with Crippen LogP contribution in [0.15, 0.2) is 66.4 Å². The molecule has 2 aromatic carbocycles. The van der Waals surface area contributed by atoms with Crippen molar-refractivity contribution in [2.75, 3.05) is 32.1 Å². The van der Waals surface area contributed by atoms with E-state index >= 15 is 0 Å². The summed E-state index contributed by atoms with van der Waals surface area (Å²) >= 11 is 6.34. The average Bonchev–Trinajstić information content (AvgIpc) is 3.00. The molecule has 0 N–H and O–H groups in total. The smallest absolute Gasteiger partial charge is 0.253 e. The lowest BCUT2D eigenvalue weighted by Crippen LogP contribution is -2.36. The molecule has 0 spiro atoms. The maximum absolute atomic E-state index is 13.1. The molecular weight excluding hydrogens is 430 g/mol. The zero-order valence-electron chi connectivity index (χ0n) is 19.1. The van der Waals surface area contributed by atoms with Gasteiger partial charge in [-0.25, -0.2) is 0 Å². The molecule has 4 nitrogen and oxygen atoms in total. The fourth-order valence-electron chi connectivity index (χ4n) is 4.95. The zero-order valence-corrected chi connectivity index (χ0v) is 19.9. The van der Waals surface area contributed by atoms with Crippen LogP contribution in [0.1, 0.15) is 45.6 Å². The van der Waals surface area contributed by atoms with Crippen molar-refractivity contribution in [1.82, 2.24) is 9.88 Å². The number of nitrogens with zero attached hydrogens (tertiary/aromatic N) is 3. The highest BCUT2D eigenvalue weighted by Crippen LogP contribution is 2.38. The summed E-state index contributed by atoms with van der Waals surface area (Å²) in [4.78, 5) is 21.9. The molecule has 5 rings (SSSR count). The summed E-state index contributed by atoms with van der Waals surface area (Å²) in [7, 11) is 4.01. The summed E-state index contributed by atoms with van der Waals surface area (Å²) in [6.45, 7) is 1.44. The summed E-state index contributed by atoms with van der Waals surface area (Å²) in [5, 5.41) is 0.776. The minimum Gasteiger partial charge on any atom is -0.378 e. The van der Waals surface area contributed by atoms with Crippen molar-refractivity contribution in [3.63, 3.8) is 0 Å². The summed E-state index contributed by atoms with van der Waals surface area (Å²) in [5.74, 6) is 0.107. The van der Waals surface area contributed by atoms with E-state index in [0.29, 0.717) is 0 Å². The molecule has 33 heavy (non-hydrogen) atoms. The second-order valence-corrected chi connectivity index (χ2v) is 9.46. The number of fused-ring (bicyclic) bond motifs is 2. The highest BCUT2D eigenvalue weighted by molar-refractivity contribution is 6.30. The summed E-state index contributed by atoms with van der Waals surface area (Å²) < 4.78 is 0. The van der Waals surface area contributed by atoms with E-state index in [9.17, 15) is 4.79 Å². The van der Waals surface area contributed by atoms with Crippen molar-refractivity contribution >= 4 is 28.8 Å². The van der Waals surface area contributed by atoms with E-state index in [0.717, 1.165) is 60.7 Å². The molecule has 1 aromatic heterocycles. The van der Waals surface area contributed by atoms with Gasteiger partial charge in [0.2, 0.25) is 0 Å². The first-order valence-electron chi connectivity index (χ1n) is 11.5. The Morgan fingerprint density at radius 2 is 1.67 bits per heavy atom. The molecule has 1 amide bonds. The van der Waals surface area contributed by atoms with E-state index < -0.39 is 0 Å². The van der Waals surface area contributed by atoms with E-state index in [-0.39, 0.29) is 5.91 Å². The third kappa shape index (κ3) is 4.28. The quantitative estimate of drug-likeness (QED) is 0.499. The van der Waals surface area contributed by atoms with Gasteiger partial charge in [-0.2, -0.15) is 0 Å². The minimum absolute atomic E-state index is 0.107. The van der Waals surface area contributed by atoms with E-state index in [4.69, 9.17) is 16.6 Å². The number of likely N-dealkylation sites (tertiary alicyclic amines) is 1. The van der Waals surface area contributed by atoms with Crippen molar-refractivity contribution in [3.05, 3.63) is 99.3 Å². The van der Waals surface area contributed by atoms with Crippen molar-refractivity contribution in [2.45, 2.75) is 25.7 Å². The second kappa shape index (κ2) is 9.03. The fraction of sp³-hybridized carbons (Fsp3) is 0.286. The number of aromatic nitrogens is 1. The lowest BCUT2D eigenvalue weighted by atomic mass is 9.88. The number of carbonyl (C=O) groups is 1. The van der Waals surface area contributed by atoms with Crippen molar-refractivity contribution < 1.29 is 4.79 Å². The summed E-state index contributed by atoms with van der Waals surface area (Å²) in [6.07, 6.45) is 5.51. The largest absolute Gasteiger partial charge is 0.378 e. The van der Waals surface area contributed by atoms with Gasteiger partial charge in [0.15, 0.2) is 0 Å². The number of hydrogen-bond donors (Lipinski definition) is 0. The van der Waals surface area contributed by atoms with Gasteiger partial charge in [-0.1, -0.05) is 29.3 Å².